The van der Waals surface area contributed by atoms with Crippen LogP contribution in [-0.4, -0.2) is 234 Å². The molecule has 1 radical (unpaired) electrons. The molecule has 3 aliphatic rings. The average molecular weight is 2490 g/mol. The lowest BCUT2D eigenvalue weighted by molar-refractivity contribution is 0.00578. The van der Waals surface area contributed by atoms with Crippen LogP contribution in [0.2, 0.25) is 48.8 Å². The molecule has 0 amide bonds. The highest BCUT2D eigenvalue weighted by Crippen LogP contribution is 2.42. The number of rotatable bonds is 34. The van der Waals surface area contributed by atoms with Gasteiger partial charge in [-0.05, 0) is 223 Å². The Morgan fingerprint density at radius 1 is 0.567 bits per heavy atom. The van der Waals surface area contributed by atoms with E-state index in [0.717, 1.165) is 84.0 Å². The van der Waals surface area contributed by atoms with E-state index in [-0.39, 0.29) is 138 Å². The molecular weight excluding hydrogens is 2360 g/mol. The second kappa shape index (κ2) is 63.1. The van der Waals surface area contributed by atoms with Crippen LogP contribution in [0.15, 0.2) is 239 Å². The maximum Gasteiger partial charge on any atom is 0.494 e. The number of halogens is 8. The van der Waals surface area contributed by atoms with Crippen LogP contribution < -0.4 is 25.4 Å². The quantitative estimate of drug-likeness (QED) is 0.00492. The van der Waals surface area contributed by atoms with Gasteiger partial charge < -0.3 is 67.9 Å². The Kier molecular flexibility index (Phi) is 58.7. The molecule has 8 N–H and O–H groups in total. The van der Waals surface area contributed by atoms with E-state index in [1.54, 1.807) is 72.8 Å². The van der Waals surface area contributed by atoms with Crippen LogP contribution in [-0.2, 0) is 97.3 Å². The number of nitrogens with two attached hydrogens (primary N) is 1. The summed E-state index contributed by atoms with van der Waals surface area (Å²) in [5.74, 6) is 0. The molecule has 1 unspecified atom stereocenters. The number of nitrogens with one attached hydrogen (secondary N) is 2. The van der Waals surface area contributed by atoms with Crippen LogP contribution >= 0.6 is 123 Å². The number of hydrogen-bond acceptors (Lipinski definition) is 24. The summed E-state index contributed by atoms with van der Waals surface area (Å²) in [6.45, 7) is 30.9. The highest BCUT2D eigenvalue weighted by atomic mass is 127. The molecule has 5 atom stereocenters. The molecule has 3 fully saturated rings. The van der Waals surface area contributed by atoms with E-state index in [1.807, 2.05) is 141 Å². The Labute approximate surface area is 902 Å². The lowest BCUT2D eigenvalue weighted by atomic mass is 9.78. The van der Waals surface area contributed by atoms with Gasteiger partial charge in [0.05, 0.1) is 126 Å². The molecule has 0 saturated carbocycles. The summed E-state index contributed by atoms with van der Waals surface area (Å²) in [4.78, 5) is 5.21. The lowest BCUT2D eigenvalue weighted by Crippen LogP contribution is -2.47. The summed E-state index contributed by atoms with van der Waals surface area (Å²) in [5, 5.41) is 26.2. The monoisotopic (exact) mass is 2490 g/mol. The molecule has 1 aromatic heterocycles. The predicted molar refractivity (Wildman–Crippen MR) is 603 cm³/mol. The summed E-state index contributed by atoms with van der Waals surface area (Å²) in [6.07, 6.45) is -0.668. The molecule has 9 aromatic carbocycles. The van der Waals surface area contributed by atoms with E-state index in [2.05, 4.69) is 164 Å². The van der Waals surface area contributed by atoms with Crippen LogP contribution in [0.1, 0.15) is 78.2 Å². The number of nitrogens with zero attached hydrogens (tertiary/aromatic N) is 2. The maximum absolute atomic E-state index is 12.4. The third-order valence-electron chi connectivity index (χ3n) is 21.4. The van der Waals surface area contributed by atoms with Gasteiger partial charge in [0.2, 0.25) is 29.3 Å². The number of hydrogen-bond donors (Lipinski definition) is 7. The van der Waals surface area contributed by atoms with Crippen LogP contribution in [0, 0.1) is 3.57 Å². The van der Waals surface area contributed by atoms with E-state index in [1.165, 1.54) is 31.8 Å². The zero-order valence-corrected chi connectivity index (χ0v) is 95.0. The van der Waals surface area contributed by atoms with E-state index in [9.17, 15) is 33.7 Å². The Morgan fingerprint density at radius 2 is 0.901 bits per heavy atom. The van der Waals surface area contributed by atoms with Crippen molar-refractivity contribution in [1.82, 2.24) is 19.0 Å². The fourth-order valence-electron chi connectivity index (χ4n) is 12.4. The van der Waals surface area contributed by atoms with Crippen molar-refractivity contribution in [3.8, 4) is 50.5 Å². The normalized spacial score (nSPS) is 15.8. The van der Waals surface area contributed by atoms with Gasteiger partial charge in [0.1, 0.15) is 26.5 Å². The maximum atomic E-state index is 12.4. The van der Waals surface area contributed by atoms with Crippen LogP contribution in [0.25, 0.3) is 55.5 Å². The Bertz CT molecular complexity index is 5780. The number of fused-ring (bicyclic) bond motifs is 2. The number of aliphatic hydroxyl groups excluding tert-OH is 3. The van der Waals surface area contributed by atoms with Gasteiger partial charge in [-0.25, -0.2) is 38.9 Å². The molecule has 0 spiro atoms. The third-order valence-corrected chi connectivity index (χ3v) is 35.9. The number of aromatic nitrogens is 2. The molecule has 141 heavy (non-hydrogen) atoms. The highest BCUT2D eigenvalue weighted by Gasteiger charge is 2.54. The van der Waals surface area contributed by atoms with Crippen molar-refractivity contribution in [1.29, 1.82) is 1.34 Å². The van der Waals surface area contributed by atoms with Crippen molar-refractivity contribution in [2.75, 3.05) is 98.9 Å². The standard InChI is InChI=1S/C25H40ClIN2O5Si2.C22H30BNO6S.C16H18BrNO4S.C12H8BrClO2S.C12H9BrO3S.C4H11NO2.4CH4.BH3P.Cl2OS/c1-25(2,3)36(7,8)34-21-14-32-22-20(13-31-23(21)22)33-24-28-18-12-17(27)16(26)11-19(18)29(24)15-30-9-10-35(4,5)6;1-21(2)22(3,4)30-23(29-21)19-9-5-17(6-10-19)18-7-11-20(12-8-18)31(26,27)24-13-15-28-16-14-25;17-15-5-1-13(2-6-15)14-3-7-16(8-4-14)23(20,21)18-9-11-22-12-10-19;2*13-11-5-1-9(2-6-11)10-3-7-12(8-4-10)17(14,15)16;5-1-3-7-4-2-6;;;;;1-2;1-4(2)3/h11-12,20-23H,9-10,13-15H2,1-8H3;5-12,24-25H,13-16H2,1-4H3;1-8,18-19H,9-12H2;1-8H;1-8H,(H,14,15,16);6H,1-5H2;4*1H4;1H,2H2;/t20-,21-,22-,23-;;;;;;;;;;;/m1.........../s1/i;;;;;;;;;;1D;. The molecule has 13 rings (SSSR count). The molecule has 28 nitrogen and oxygen atoms in total. The van der Waals surface area contributed by atoms with Gasteiger partial charge in [0, 0.05) is 83.4 Å². The lowest BCUT2D eigenvalue weighted by Gasteiger charge is -2.39. The first kappa shape index (κ1) is 131. The Hall–Kier alpha value is -4.12. The van der Waals surface area contributed by atoms with E-state index in [0.29, 0.717) is 57.3 Å². The molecule has 783 valence electrons. The molecule has 10 aromatic rings. The third kappa shape index (κ3) is 44.1. The van der Waals surface area contributed by atoms with Gasteiger partial charge in [0.25, 0.3) is 25.2 Å². The zero-order chi connectivity index (χ0) is 103. The van der Waals surface area contributed by atoms with Crippen LogP contribution in [0.4, 0.5) is 0 Å². The van der Waals surface area contributed by atoms with Crippen molar-refractivity contribution in [3.05, 3.63) is 228 Å². The first-order valence-electron chi connectivity index (χ1n) is 43.3. The van der Waals surface area contributed by atoms with Crippen LogP contribution in [0.3, 0.4) is 0 Å². The number of ether oxygens (including phenoxy) is 7. The number of benzene rings is 9. The SMILES string of the molecule is C.C.C.C.CC(C)(C)[Si](C)(C)O[C@@H]1CO[C@H]2[C@@H]1OC[C@H]2Oc1nc2cc(I)c(Cl)cc2n1COCC[Si](C)(C)C.CC1(C)OB(c2ccc(-c3ccc(S(=O)(=O)NCCOCCO)cc3)cc2)OC1(C)C.NCCOCCO.O=S(=O)(Cl)c1ccc(-c2ccc(Br)cc2)cc1.O=S(=O)(NCCOCCO)c1ccc(-c2ccc(Br)cc2)cc1.O=S(=O)(O)c1ccc(-c2ccc(Br)cc2)cc1.O=S(Cl)Cl.[2H][B]P. The van der Waals surface area contributed by atoms with Crippen molar-refractivity contribution in [2.45, 2.75) is 184 Å². The smallest absolute Gasteiger partial charge is 0.456 e. The molecule has 3 saturated heterocycles. The predicted octanol–water partition coefficient (Wildman–Crippen LogP) is 20.5. The first-order valence-corrected chi connectivity index (χ1v) is 63.4. The van der Waals surface area contributed by atoms with E-state index >= 15 is 0 Å². The van der Waals surface area contributed by atoms with Gasteiger partial charge >= 0.3 is 7.12 Å². The Morgan fingerprint density at radius 3 is 1.24 bits per heavy atom. The minimum Gasteiger partial charge on any atom is -0.456 e. The van der Waals surface area contributed by atoms with Gasteiger partial charge in [0.15, 0.2) is 14.4 Å². The van der Waals surface area contributed by atoms with E-state index in [4.69, 9.17) is 105 Å². The topological polar surface area (TPSA) is 395 Å². The van der Waals surface area contributed by atoms with Gasteiger partial charge in [-0.2, -0.15) is 22.5 Å². The number of aliphatic hydroxyl groups is 3. The molecule has 0 aliphatic carbocycles. The molecule has 46 heteroatoms. The number of imidazole rings is 1. The van der Waals surface area contributed by atoms with E-state index < -0.39 is 83.2 Å². The minimum atomic E-state index is -4.12. The van der Waals surface area contributed by atoms with Crippen molar-refractivity contribution < 1.29 is 105 Å². The second-order valence-corrected chi connectivity index (χ2v) is 58.9. The molecule has 4 heterocycles. The largest absolute Gasteiger partial charge is 0.494 e. The van der Waals surface area contributed by atoms with Crippen molar-refractivity contribution >= 4 is 219 Å². The van der Waals surface area contributed by atoms with Gasteiger partial charge in [-0.3, -0.25) is 9.12 Å². The average Bonchev–Trinajstić information content (AvgIpc) is 1.65. The molecular formula is C95H135B2Br3Cl4IN5O23PS5Si2. The Balaban J connectivity index is 0.000000589. The summed E-state index contributed by atoms with van der Waals surface area (Å²) >= 11 is 18.8. The second-order valence-electron chi connectivity index (χ2n) is 34.1. The summed E-state index contributed by atoms with van der Waals surface area (Å²) < 4.78 is 186. The summed E-state index contributed by atoms with van der Waals surface area (Å²) in [6, 6.07) is 62.6. The molecule has 3 aliphatic heterocycles. The molecule has 0 bridgehead atoms. The first-order chi connectivity index (χ1) is 64.7. The van der Waals surface area contributed by atoms with Crippen LogP contribution in [0.5, 0.6) is 6.01 Å². The van der Waals surface area contributed by atoms with Gasteiger partial charge in [-0.1, -0.05) is 239 Å². The fourth-order valence-corrected chi connectivity index (χ4v) is 19.2. The van der Waals surface area contributed by atoms with Crippen molar-refractivity contribution in [3.63, 3.8) is 0 Å². The zero-order valence-electron chi connectivity index (χ0n) is 78.8. The fraction of sp³-hybridized carbons (Fsp3) is 0.421. The summed E-state index contributed by atoms with van der Waals surface area (Å²) in [5.41, 5.74) is 14.6. The summed E-state index contributed by atoms with van der Waals surface area (Å²) in [7, 11) is -2.59. The van der Waals surface area contributed by atoms with Gasteiger partial charge in [-0.15, -0.1) is 0 Å². The van der Waals surface area contributed by atoms with Crippen molar-refractivity contribution in [2.24, 2.45) is 5.73 Å². The highest BCUT2D eigenvalue weighted by molar-refractivity contribution is 14.1. The number of sulfonamides is 2. The minimum absolute atomic E-state index is 0.